The number of nitrogens with zero attached hydrogens (tertiary/aromatic N) is 4. The number of nitrogens with two attached hydrogens (primary N) is 1. The molecule has 0 amide bonds. The first kappa shape index (κ1) is 13.3. The topological polar surface area (TPSA) is 83.3 Å². The number of nitrogens with one attached hydrogen (secondary N) is 1. The Morgan fingerprint density at radius 1 is 1.58 bits per heavy atom. The molecule has 0 bridgehead atoms. The van der Waals surface area contributed by atoms with Gasteiger partial charge in [-0.05, 0) is 19.9 Å². The summed E-state index contributed by atoms with van der Waals surface area (Å²) in [5.74, 6) is 1.10. The molecule has 0 radical (unpaired) electrons. The molecule has 19 heavy (non-hydrogen) atoms. The van der Waals surface area contributed by atoms with Gasteiger partial charge in [0.2, 0.25) is 0 Å². The average Bonchev–Trinajstić information content (AvgIpc) is 2.75. The van der Waals surface area contributed by atoms with Gasteiger partial charge in [-0.2, -0.15) is 5.10 Å². The number of amidine groups is 1. The van der Waals surface area contributed by atoms with Crippen molar-refractivity contribution in [1.82, 2.24) is 14.6 Å². The van der Waals surface area contributed by atoms with Gasteiger partial charge in [0.25, 0.3) is 0 Å². The summed E-state index contributed by atoms with van der Waals surface area (Å²) in [6, 6.07) is 2.02. The molecule has 1 atom stereocenters. The molecule has 0 saturated heterocycles. The lowest BCUT2D eigenvalue weighted by Gasteiger charge is -2.25. The predicted molar refractivity (Wildman–Crippen MR) is 76.7 cm³/mol. The minimum absolute atomic E-state index is 0.00558. The summed E-state index contributed by atoms with van der Waals surface area (Å²) in [5, 5.41) is 11.9. The second kappa shape index (κ2) is 5.26. The van der Waals surface area contributed by atoms with E-state index in [0.29, 0.717) is 6.54 Å². The smallest absolute Gasteiger partial charge is 0.154 e. The third-order valence-corrected chi connectivity index (χ3v) is 3.20. The number of hydrogen-bond acceptors (Lipinski definition) is 4. The van der Waals surface area contributed by atoms with Crippen LogP contribution in [-0.4, -0.2) is 33.5 Å². The van der Waals surface area contributed by atoms with Crippen LogP contribution in [0, 0.1) is 18.3 Å². The van der Waals surface area contributed by atoms with Gasteiger partial charge in [-0.25, -0.2) is 9.50 Å². The highest BCUT2D eigenvalue weighted by Crippen LogP contribution is 2.20. The van der Waals surface area contributed by atoms with Crippen molar-refractivity contribution in [1.29, 1.82) is 5.41 Å². The second-order valence-corrected chi connectivity index (χ2v) is 4.76. The second-order valence-electron chi connectivity index (χ2n) is 4.76. The number of rotatable bonds is 5. The largest absolute Gasteiger partial charge is 0.387 e. The third kappa shape index (κ3) is 2.67. The maximum atomic E-state index is 7.51. The van der Waals surface area contributed by atoms with Gasteiger partial charge >= 0.3 is 0 Å². The fourth-order valence-corrected chi connectivity index (χ4v) is 2.07. The molecule has 6 nitrogen and oxygen atoms in total. The van der Waals surface area contributed by atoms with E-state index in [1.165, 1.54) is 0 Å². The summed E-state index contributed by atoms with van der Waals surface area (Å²) in [6.07, 6.45) is 3.59. The molecule has 0 aliphatic carbocycles. The SMILES string of the molecule is CCN(CC(C)C(=N)N)c1nccn2nc(C)cc12. The molecule has 0 aliphatic rings. The van der Waals surface area contributed by atoms with Gasteiger partial charge in [0.05, 0.1) is 11.5 Å². The number of hydrogen-bond donors (Lipinski definition) is 2. The van der Waals surface area contributed by atoms with Crippen LogP contribution in [0.15, 0.2) is 18.5 Å². The van der Waals surface area contributed by atoms with Crippen LogP contribution < -0.4 is 10.6 Å². The Bertz CT molecular complexity index is 588. The Balaban J connectivity index is 2.37. The van der Waals surface area contributed by atoms with Crippen molar-refractivity contribution in [2.24, 2.45) is 11.7 Å². The van der Waals surface area contributed by atoms with Crippen molar-refractivity contribution in [3.63, 3.8) is 0 Å². The number of aryl methyl sites for hydroxylation is 1. The molecule has 0 aromatic carbocycles. The van der Waals surface area contributed by atoms with Gasteiger partial charge in [-0.15, -0.1) is 0 Å². The molecule has 0 saturated carbocycles. The first-order chi connectivity index (χ1) is 9.02. The maximum Gasteiger partial charge on any atom is 0.154 e. The van der Waals surface area contributed by atoms with Gasteiger partial charge in [0.1, 0.15) is 5.52 Å². The zero-order valence-electron chi connectivity index (χ0n) is 11.6. The predicted octanol–water partition coefficient (Wildman–Crippen LogP) is 1.44. The molecule has 2 heterocycles. The molecule has 3 N–H and O–H groups in total. The highest BCUT2D eigenvalue weighted by atomic mass is 15.3. The minimum atomic E-state index is 0.00558. The highest BCUT2D eigenvalue weighted by Gasteiger charge is 2.16. The Kier molecular flexibility index (Phi) is 3.69. The Labute approximate surface area is 112 Å². The van der Waals surface area contributed by atoms with Crippen LogP contribution in [-0.2, 0) is 0 Å². The van der Waals surface area contributed by atoms with Gasteiger partial charge in [-0.1, -0.05) is 6.92 Å². The van der Waals surface area contributed by atoms with Crippen LogP contribution in [0.4, 0.5) is 5.82 Å². The lowest BCUT2D eigenvalue weighted by molar-refractivity contribution is 0.690. The Morgan fingerprint density at radius 3 is 2.95 bits per heavy atom. The minimum Gasteiger partial charge on any atom is -0.387 e. The lowest BCUT2D eigenvalue weighted by Crippen LogP contribution is -2.35. The van der Waals surface area contributed by atoms with Crippen LogP contribution >= 0.6 is 0 Å². The summed E-state index contributed by atoms with van der Waals surface area (Å²) < 4.78 is 1.83. The van der Waals surface area contributed by atoms with E-state index in [1.807, 2.05) is 30.6 Å². The van der Waals surface area contributed by atoms with Gasteiger partial charge in [-0.3, -0.25) is 5.41 Å². The molecule has 0 aliphatic heterocycles. The molecule has 1 unspecified atom stereocenters. The van der Waals surface area contributed by atoms with Crippen molar-refractivity contribution < 1.29 is 0 Å². The van der Waals surface area contributed by atoms with Crippen LogP contribution in [0.5, 0.6) is 0 Å². The van der Waals surface area contributed by atoms with Crippen molar-refractivity contribution in [2.45, 2.75) is 20.8 Å². The number of fused-ring (bicyclic) bond motifs is 1. The summed E-state index contributed by atoms with van der Waals surface area (Å²) in [7, 11) is 0. The molecule has 6 heteroatoms. The van der Waals surface area contributed by atoms with Gasteiger partial charge in [0, 0.05) is 31.4 Å². The van der Waals surface area contributed by atoms with E-state index in [2.05, 4.69) is 21.9 Å². The van der Waals surface area contributed by atoms with E-state index < -0.39 is 0 Å². The highest BCUT2D eigenvalue weighted by molar-refractivity contribution is 5.80. The van der Waals surface area contributed by atoms with Gasteiger partial charge < -0.3 is 10.6 Å². The molecule has 0 fully saturated rings. The van der Waals surface area contributed by atoms with Crippen LogP contribution in [0.25, 0.3) is 5.52 Å². The summed E-state index contributed by atoms with van der Waals surface area (Å²) >= 11 is 0. The fourth-order valence-electron chi connectivity index (χ4n) is 2.07. The normalized spacial score (nSPS) is 12.6. The fraction of sp³-hybridized carbons (Fsp3) is 0.462. The van der Waals surface area contributed by atoms with Gasteiger partial charge in [0.15, 0.2) is 5.82 Å². The zero-order valence-corrected chi connectivity index (χ0v) is 11.6. The van der Waals surface area contributed by atoms with Crippen LogP contribution in [0.2, 0.25) is 0 Å². The Hall–Kier alpha value is -2.11. The summed E-state index contributed by atoms with van der Waals surface area (Å²) in [4.78, 5) is 6.59. The van der Waals surface area contributed by atoms with Crippen LogP contribution in [0.1, 0.15) is 19.5 Å². The van der Waals surface area contributed by atoms with Crippen LogP contribution in [0.3, 0.4) is 0 Å². The molecular weight excluding hydrogens is 240 g/mol. The zero-order chi connectivity index (χ0) is 14.0. The van der Waals surface area contributed by atoms with E-state index in [4.69, 9.17) is 11.1 Å². The van der Waals surface area contributed by atoms with Crippen molar-refractivity contribution in [2.75, 3.05) is 18.0 Å². The van der Waals surface area contributed by atoms with E-state index >= 15 is 0 Å². The standard InChI is InChI=1S/C13H20N6/c1-4-18(8-9(2)12(14)15)13-11-7-10(3)17-19(11)6-5-16-13/h5-7,9H,4,8H2,1-3H3,(H3,14,15). The average molecular weight is 260 g/mol. The van der Waals surface area contributed by atoms with Crippen molar-refractivity contribution in [3.8, 4) is 0 Å². The third-order valence-electron chi connectivity index (χ3n) is 3.20. The molecule has 0 spiro atoms. The first-order valence-corrected chi connectivity index (χ1v) is 6.42. The Morgan fingerprint density at radius 2 is 2.32 bits per heavy atom. The first-order valence-electron chi connectivity index (χ1n) is 6.42. The lowest BCUT2D eigenvalue weighted by atomic mass is 10.1. The summed E-state index contributed by atoms with van der Waals surface area (Å²) in [5.41, 5.74) is 7.50. The molecule has 2 rings (SSSR count). The molecule has 102 valence electrons. The monoisotopic (exact) mass is 260 g/mol. The van der Waals surface area contributed by atoms with E-state index in [1.54, 1.807) is 6.20 Å². The van der Waals surface area contributed by atoms with E-state index in [9.17, 15) is 0 Å². The van der Waals surface area contributed by atoms with E-state index in [0.717, 1.165) is 23.6 Å². The maximum absolute atomic E-state index is 7.51. The van der Waals surface area contributed by atoms with Crippen molar-refractivity contribution in [3.05, 3.63) is 24.2 Å². The summed E-state index contributed by atoms with van der Waals surface area (Å²) in [6.45, 7) is 7.48. The molecule has 2 aromatic rings. The number of anilines is 1. The van der Waals surface area contributed by atoms with E-state index in [-0.39, 0.29) is 11.8 Å². The molecule has 2 aromatic heterocycles. The van der Waals surface area contributed by atoms with Crippen molar-refractivity contribution >= 4 is 17.2 Å². The quantitative estimate of drug-likeness (QED) is 0.629. The number of aromatic nitrogens is 3. The molecular formula is C13H20N6.